The predicted octanol–water partition coefficient (Wildman–Crippen LogP) is 2.08. The van der Waals surface area contributed by atoms with Crippen LogP contribution in [0.3, 0.4) is 0 Å². The molecule has 0 aliphatic carbocycles. The molecular weight excluding hydrogens is 429 g/mol. The monoisotopic (exact) mass is 455 g/mol. The van der Waals surface area contributed by atoms with Crippen LogP contribution in [-0.2, 0) is 31.1 Å². The molecule has 1 unspecified atom stereocenters. The van der Waals surface area contributed by atoms with E-state index in [0.717, 1.165) is 16.6 Å². The summed E-state index contributed by atoms with van der Waals surface area (Å²) in [6.07, 6.45) is 2.21. The molecule has 1 aliphatic heterocycles. The molecule has 0 spiro atoms. The second-order valence-electron chi connectivity index (χ2n) is 7.07. The first-order valence-electron chi connectivity index (χ1n) is 9.77. The van der Waals surface area contributed by atoms with E-state index in [-0.39, 0.29) is 35.3 Å². The van der Waals surface area contributed by atoms with Crippen LogP contribution in [0.15, 0.2) is 41.7 Å². The van der Waals surface area contributed by atoms with Crippen LogP contribution in [0.2, 0.25) is 0 Å². The molecule has 0 radical (unpaired) electrons. The summed E-state index contributed by atoms with van der Waals surface area (Å²) >= 11 is -1.34. The molecule has 0 amide bonds. The number of para-hydroxylation sites is 2. The van der Waals surface area contributed by atoms with Crippen molar-refractivity contribution in [2.24, 2.45) is 0 Å². The zero-order valence-corrected chi connectivity index (χ0v) is 17.9. The Morgan fingerprint density at radius 2 is 2.00 bits per heavy atom. The Labute approximate surface area is 206 Å². The van der Waals surface area contributed by atoms with Crippen molar-refractivity contribution in [1.29, 1.82) is 0 Å². The Morgan fingerprint density at radius 3 is 2.74 bits per heavy atom. The number of aromatic nitrogens is 3. The van der Waals surface area contributed by atoms with Crippen LogP contribution in [0.1, 0.15) is 17.7 Å². The third-order valence-corrected chi connectivity index (χ3v) is 6.19. The number of methoxy groups -OCH3 is 1. The summed E-state index contributed by atoms with van der Waals surface area (Å²) in [7, 11) is 1.62. The predicted molar refractivity (Wildman–Crippen MR) is 119 cm³/mol. The van der Waals surface area contributed by atoms with Crippen LogP contribution in [-0.4, -0.2) is 88.4 Å². The molecule has 0 saturated carbocycles. The van der Waals surface area contributed by atoms with E-state index in [1.54, 1.807) is 13.3 Å². The molecular formula is C21H26N3NaO5S. The molecule has 8 nitrogen and oxygen atoms in total. The van der Waals surface area contributed by atoms with Gasteiger partial charge in [-0.2, -0.15) is 4.98 Å². The summed E-state index contributed by atoms with van der Waals surface area (Å²) in [5.41, 5.74) is 3.23. The van der Waals surface area contributed by atoms with Gasteiger partial charge >= 0.3 is 34.7 Å². The fourth-order valence-corrected chi connectivity index (χ4v) is 4.52. The van der Waals surface area contributed by atoms with Gasteiger partial charge in [-0.1, -0.05) is 12.1 Å². The Hall–Kier alpha value is -1.17. The van der Waals surface area contributed by atoms with Crippen LogP contribution >= 0.6 is 0 Å². The zero-order chi connectivity index (χ0) is 21.0. The molecule has 3 aromatic rings. The number of aromatic amines is 1. The van der Waals surface area contributed by atoms with E-state index in [1.165, 1.54) is 0 Å². The van der Waals surface area contributed by atoms with Crippen molar-refractivity contribution in [3.05, 3.63) is 47.8 Å². The van der Waals surface area contributed by atoms with Crippen LogP contribution in [0.4, 0.5) is 0 Å². The van der Waals surface area contributed by atoms with Crippen molar-refractivity contribution < 1.29 is 23.5 Å². The molecule has 1 N–H and O–H groups in total. The molecule has 3 heterocycles. The summed E-state index contributed by atoms with van der Waals surface area (Å²) < 4.78 is 35.4. The third-order valence-electron chi connectivity index (χ3n) is 5.03. The van der Waals surface area contributed by atoms with Crippen LogP contribution in [0, 0.1) is 6.92 Å². The van der Waals surface area contributed by atoms with Crippen molar-refractivity contribution in [2.45, 2.75) is 30.0 Å². The van der Waals surface area contributed by atoms with Gasteiger partial charge in [0.05, 0.1) is 36.5 Å². The standard InChI is InChI=1S/C21H25N3O5S.Na.H/c1-15-18(13-30(25)20-23-16-5-3-4-6-17(16)24-20)22-9-7-19(15)27-10-8-21(14-26-2)28-11-12-29-21;;/h3-7,9H,8,10-14H2,1-2H3,(H,23,24);;. The number of benzene rings is 1. The van der Waals surface area contributed by atoms with Crippen molar-refractivity contribution in [2.75, 3.05) is 33.5 Å². The average molecular weight is 456 g/mol. The van der Waals surface area contributed by atoms with E-state index < -0.39 is 17.0 Å². The molecule has 0 bridgehead atoms. The number of nitrogens with one attached hydrogen (secondary N) is 1. The van der Waals surface area contributed by atoms with E-state index in [0.29, 0.717) is 49.4 Å². The summed E-state index contributed by atoms with van der Waals surface area (Å²) in [5, 5.41) is 0.445. The molecule has 4 rings (SSSR count). The van der Waals surface area contributed by atoms with Gasteiger partial charge in [0.2, 0.25) is 0 Å². The number of rotatable bonds is 9. The Morgan fingerprint density at radius 1 is 1.23 bits per heavy atom. The van der Waals surface area contributed by atoms with Gasteiger partial charge < -0.3 is 23.5 Å². The molecule has 10 heteroatoms. The van der Waals surface area contributed by atoms with E-state index in [1.807, 2.05) is 37.3 Å². The van der Waals surface area contributed by atoms with Gasteiger partial charge in [0.15, 0.2) is 11.5 Å². The zero-order valence-electron chi connectivity index (χ0n) is 17.1. The van der Waals surface area contributed by atoms with E-state index >= 15 is 0 Å². The Kier molecular flexibility index (Phi) is 8.77. The third kappa shape index (κ3) is 5.80. The second kappa shape index (κ2) is 11.1. The van der Waals surface area contributed by atoms with Gasteiger partial charge in [-0.05, 0) is 25.1 Å². The molecule has 1 aromatic carbocycles. The minimum absolute atomic E-state index is 0. The molecule has 1 atom stereocenters. The first-order valence-corrected chi connectivity index (χ1v) is 11.1. The number of nitrogens with zero attached hydrogens (tertiary/aromatic N) is 2. The van der Waals surface area contributed by atoms with Gasteiger partial charge in [0.1, 0.15) is 12.4 Å². The maximum atomic E-state index is 12.8. The number of H-pyrrole nitrogens is 1. The quantitative estimate of drug-likeness (QED) is 0.389. The van der Waals surface area contributed by atoms with Gasteiger partial charge in [0, 0.05) is 36.5 Å². The van der Waals surface area contributed by atoms with Gasteiger partial charge in [-0.3, -0.25) is 9.97 Å². The van der Waals surface area contributed by atoms with E-state index in [2.05, 4.69) is 15.0 Å². The first kappa shape index (κ1) is 24.5. The molecule has 1 saturated heterocycles. The number of hydrogen-bond donors (Lipinski definition) is 1. The van der Waals surface area contributed by atoms with Gasteiger partial charge in [-0.25, -0.2) is 0 Å². The minimum atomic E-state index is -1.34. The van der Waals surface area contributed by atoms with Crippen LogP contribution in [0.25, 0.3) is 11.0 Å². The van der Waals surface area contributed by atoms with E-state index in [9.17, 15) is 4.55 Å². The first-order chi connectivity index (χ1) is 14.6. The average Bonchev–Trinajstić information content (AvgIpc) is 3.38. The van der Waals surface area contributed by atoms with Crippen molar-refractivity contribution in [3.63, 3.8) is 0 Å². The normalized spacial score (nSPS) is 16.2. The van der Waals surface area contributed by atoms with E-state index in [4.69, 9.17) is 18.9 Å². The Bertz CT molecular complexity index is 963. The second-order valence-corrected chi connectivity index (χ2v) is 8.44. The maximum absolute atomic E-state index is 12.8. The Balaban J connectivity index is 0.00000272. The van der Waals surface area contributed by atoms with Crippen molar-refractivity contribution >= 4 is 51.8 Å². The SMILES string of the molecule is COCC1(CCOc2ccnc(C[S+]([O-])c3nc4ccccc4[nH]3)c2C)OCCO1.[NaH]. The fraction of sp³-hybridized carbons (Fsp3) is 0.429. The van der Waals surface area contributed by atoms with Crippen LogP contribution in [0.5, 0.6) is 5.75 Å². The molecule has 2 aromatic heterocycles. The topological polar surface area (TPSA) is 102 Å². The number of ether oxygens (including phenoxy) is 4. The number of fused-ring (bicyclic) bond motifs is 1. The summed E-state index contributed by atoms with van der Waals surface area (Å²) in [6.45, 7) is 3.78. The number of imidazole rings is 1. The van der Waals surface area contributed by atoms with Crippen molar-refractivity contribution in [1.82, 2.24) is 15.0 Å². The molecule has 31 heavy (non-hydrogen) atoms. The summed E-state index contributed by atoms with van der Waals surface area (Å²) in [6, 6.07) is 9.43. The fourth-order valence-electron chi connectivity index (χ4n) is 3.42. The van der Waals surface area contributed by atoms with Gasteiger partial charge in [-0.15, -0.1) is 0 Å². The number of hydrogen-bond acceptors (Lipinski definition) is 7. The van der Waals surface area contributed by atoms with Gasteiger partial charge in [0.25, 0.3) is 0 Å². The number of pyridine rings is 1. The molecule has 1 fully saturated rings. The summed E-state index contributed by atoms with van der Waals surface area (Å²) in [4.78, 5) is 11.9. The molecule has 1 aliphatic rings. The summed E-state index contributed by atoms with van der Waals surface area (Å²) in [5.74, 6) is 0.205. The van der Waals surface area contributed by atoms with Crippen LogP contribution < -0.4 is 4.74 Å². The molecule has 162 valence electrons. The van der Waals surface area contributed by atoms with Crippen molar-refractivity contribution in [3.8, 4) is 5.75 Å².